The van der Waals surface area contributed by atoms with E-state index >= 15 is 0 Å². The summed E-state index contributed by atoms with van der Waals surface area (Å²) in [4.78, 5) is 11.7. The van der Waals surface area contributed by atoms with Crippen molar-refractivity contribution in [3.63, 3.8) is 0 Å². The number of anilines is 1. The van der Waals surface area contributed by atoms with Gasteiger partial charge in [-0.05, 0) is 36.4 Å². The lowest BCUT2D eigenvalue weighted by Gasteiger charge is -2.07. The molecule has 0 atom stereocenters. The molecule has 1 N–H and O–H groups in total. The van der Waals surface area contributed by atoms with Crippen molar-refractivity contribution in [3.05, 3.63) is 59.6 Å². The highest BCUT2D eigenvalue weighted by Gasteiger charge is 2.02. The van der Waals surface area contributed by atoms with Crippen LogP contribution in [0, 0.1) is 0 Å². The predicted octanol–water partition coefficient (Wildman–Crippen LogP) is 4.09. The first-order valence-electron chi connectivity index (χ1n) is 6.55. The van der Waals surface area contributed by atoms with Crippen LogP contribution in [0.2, 0.25) is 5.02 Å². The molecular weight excluding hydrogens is 306 g/mol. The molecule has 21 heavy (non-hydrogen) atoms. The average Bonchev–Trinajstić information content (AvgIpc) is 2.50. The molecule has 110 valence electrons. The van der Waals surface area contributed by atoms with Gasteiger partial charge in [0.1, 0.15) is 5.75 Å². The van der Waals surface area contributed by atoms with Crippen LogP contribution in [0.4, 0.5) is 5.69 Å². The second-order valence-electron chi connectivity index (χ2n) is 4.27. The van der Waals surface area contributed by atoms with Crippen molar-refractivity contribution >= 4 is 35.0 Å². The molecule has 0 saturated carbocycles. The van der Waals surface area contributed by atoms with E-state index in [0.717, 1.165) is 17.2 Å². The fourth-order valence-corrected chi connectivity index (χ4v) is 2.36. The van der Waals surface area contributed by atoms with Gasteiger partial charge in [-0.25, -0.2) is 0 Å². The van der Waals surface area contributed by atoms with Crippen LogP contribution in [-0.2, 0) is 4.79 Å². The first-order chi connectivity index (χ1) is 10.2. The SMILES string of the molecule is O=C(CSCCOc1ccccc1)Nc1ccc(Cl)cc1. The molecule has 0 radical (unpaired) electrons. The van der Waals surface area contributed by atoms with Crippen LogP contribution in [0.15, 0.2) is 54.6 Å². The van der Waals surface area contributed by atoms with Crippen molar-refractivity contribution in [3.8, 4) is 5.75 Å². The average molecular weight is 322 g/mol. The minimum atomic E-state index is -0.0259. The summed E-state index contributed by atoms with van der Waals surface area (Å²) in [5, 5.41) is 3.47. The summed E-state index contributed by atoms with van der Waals surface area (Å²) in [6.07, 6.45) is 0. The molecule has 2 aromatic carbocycles. The zero-order chi connectivity index (χ0) is 14.9. The van der Waals surface area contributed by atoms with Crippen molar-refractivity contribution in [2.75, 3.05) is 23.4 Å². The van der Waals surface area contributed by atoms with Crippen LogP contribution in [0.5, 0.6) is 5.75 Å². The van der Waals surface area contributed by atoms with Gasteiger partial charge in [0.2, 0.25) is 5.91 Å². The van der Waals surface area contributed by atoms with E-state index in [1.54, 1.807) is 24.3 Å². The minimum Gasteiger partial charge on any atom is -0.493 e. The fraction of sp³-hybridized carbons (Fsp3) is 0.188. The second-order valence-corrected chi connectivity index (χ2v) is 5.81. The quantitative estimate of drug-likeness (QED) is 0.781. The zero-order valence-corrected chi connectivity index (χ0v) is 13.0. The lowest BCUT2D eigenvalue weighted by atomic mass is 10.3. The van der Waals surface area contributed by atoms with E-state index in [9.17, 15) is 4.79 Å². The Balaban J connectivity index is 1.60. The molecule has 0 aromatic heterocycles. The molecule has 0 spiro atoms. The van der Waals surface area contributed by atoms with Gasteiger partial charge in [-0.3, -0.25) is 4.79 Å². The van der Waals surface area contributed by atoms with Crippen molar-refractivity contribution in [1.82, 2.24) is 0 Å². The Morgan fingerprint density at radius 1 is 1.10 bits per heavy atom. The molecule has 3 nitrogen and oxygen atoms in total. The van der Waals surface area contributed by atoms with E-state index < -0.39 is 0 Å². The number of benzene rings is 2. The van der Waals surface area contributed by atoms with Gasteiger partial charge in [-0.2, -0.15) is 0 Å². The second kappa shape index (κ2) is 8.60. The summed E-state index contributed by atoms with van der Waals surface area (Å²) in [6, 6.07) is 16.7. The minimum absolute atomic E-state index is 0.0259. The maximum Gasteiger partial charge on any atom is 0.234 e. The maximum atomic E-state index is 11.7. The molecule has 5 heteroatoms. The standard InChI is InChI=1S/C16H16ClNO2S/c17-13-6-8-14(9-7-13)18-16(19)12-21-11-10-20-15-4-2-1-3-5-15/h1-9H,10-12H2,(H,18,19). The molecule has 0 saturated heterocycles. The van der Waals surface area contributed by atoms with Crippen LogP contribution < -0.4 is 10.1 Å². The Hall–Kier alpha value is -1.65. The van der Waals surface area contributed by atoms with E-state index in [0.29, 0.717) is 17.4 Å². The van der Waals surface area contributed by atoms with Crippen molar-refractivity contribution < 1.29 is 9.53 Å². The van der Waals surface area contributed by atoms with E-state index in [1.807, 2.05) is 30.3 Å². The summed E-state index contributed by atoms with van der Waals surface area (Å²) in [5.41, 5.74) is 0.755. The number of rotatable bonds is 7. The lowest BCUT2D eigenvalue weighted by molar-refractivity contribution is -0.113. The molecule has 0 aliphatic rings. The highest BCUT2D eigenvalue weighted by molar-refractivity contribution is 7.99. The van der Waals surface area contributed by atoms with E-state index in [-0.39, 0.29) is 5.91 Å². The highest BCUT2D eigenvalue weighted by atomic mass is 35.5. The number of amides is 1. The topological polar surface area (TPSA) is 38.3 Å². The third-order valence-electron chi connectivity index (χ3n) is 2.60. The number of nitrogens with one attached hydrogen (secondary N) is 1. The summed E-state index contributed by atoms with van der Waals surface area (Å²) < 4.78 is 5.55. The summed E-state index contributed by atoms with van der Waals surface area (Å²) in [5.74, 6) is 2.00. The van der Waals surface area contributed by atoms with Gasteiger partial charge in [0.05, 0.1) is 12.4 Å². The molecule has 0 bridgehead atoms. The molecule has 1 amide bonds. The molecule has 2 rings (SSSR count). The first-order valence-corrected chi connectivity index (χ1v) is 8.08. The Kier molecular flexibility index (Phi) is 6.44. The van der Waals surface area contributed by atoms with Crippen LogP contribution in [-0.4, -0.2) is 24.0 Å². The van der Waals surface area contributed by atoms with Gasteiger partial charge in [0.25, 0.3) is 0 Å². The van der Waals surface area contributed by atoms with Gasteiger partial charge in [0.15, 0.2) is 0 Å². The van der Waals surface area contributed by atoms with Crippen LogP contribution in [0.25, 0.3) is 0 Å². The maximum absolute atomic E-state index is 11.7. The molecule has 0 aliphatic heterocycles. The van der Waals surface area contributed by atoms with Gasteiger partial charge in [-0.1, -0.05) is 29.8 Å². The van der Waals surface area contributed by atoms with Crippen molar-refractivity contribution in [2.45, 2.75) is 0 Å². The van der Waals surface area contributed by atoms with Crippen LogP contribution >= 0.6 is 23.4 Å². The number of hydrogen-bond acceptors (Lipinski definition) is 3. The molecule has 0 heterocycles. The van der Waals surface area contributed by atoms with Gasteiger partial charge in [0, 0.05) is 16.5 Å². The smallest absolute Gasteiger partial charge is 0.234 e. The van der Waals surface area contributed by atoms with Crippen molar-refractivity contribution in [2.24, 2.45) is 0 Å². The van der Waals surface area contributed by atoms with E-state index in [1.165, 1.54) is 11.8 Å². The molecule has 2 aromatic rings. The number of carbonyl (C=O) groups is 1. The van der Waals surface area contributed by atoms with Gasteiger partial charge in [-0.15, -0.1) is 11.8 Å². The molecule has 0 unspecified atom stereocenters. The molecule has 0 aliphatic carbocycles. The Morgan fingerprint density at radius 3 is 2.52 bits per heavy atom. The largest absolute Gasteiger partial charge is 0.493 e. The number of para-hydroxylation sites is 1. The Bertz CT molecular complexity index is 560. The third kappa shape index (κ3) is 6.10. The Morgan fingerprint density at radius 2 is 1.81 bits per heavy atom. The fourth-order valence-electron chi connectivity index (χ4n) is 1.63. The summed E-state index contributed by atoms with van der Waals surface area (Å²) >= 11 is 7.33. The molecular formula is C16H16ClNO2S. The first kappa shape index (κ1) is 15.7. The van der Waals surface area contributed by atoms with Crippen LogP contribution in [0.3, 0.4) is 0 Å². The number of hydrogen-bond donors (Lipinski definition) is 1. The highest BCUT2D eigenvalue weighted by Crippen LogP contribution is 2.14. The molecule has 0 fully saturated rings. The number of thioether (sulfide) groups is 1. The van der Waals surface area contributed by atoms with E-state index in [2.05, 4.69) is 5.32 Å². The summed E-state index contributed by atoms with van der Waals surface area (Å²) in [7, 11) is 0. The number of halogens is 1. The van der Waals surface area contributed by atoms with Crippen molar-refractivity contribution in [1.29, 1.82) is 0 Å². The Labute approximate surface area is 133 Å². The number of ether oxygens (including phenoxy) is 1. The predicted molar refractivity (Wildman–Crippen MR) is 89.3 cm³/mol. The number of carbonyl (C=O) groups excluding carboxylic acids is 1. The third-order valence-corrected chi connectivity index (χ3v) is 3.77. The van der Waals surface area contributed by atoms with Gasteiger partial charge < -0.3 is 10.1 Å². The van der Waals surface area contributed by atoms with Gasteiger partial charge >= 0.3 is 0 Å². The van der Waals surface area contributed by atoms with Crippen LogP contribution in [0.1, 0.15) is 0 Å². The zero-order valence-electron chi connectivity index (χ0n) is 11.4. The normalized spacial score (nSPS) is 10.1. The summed E-state index contributed by atoms with van der Waals surface area (Å²) in [6.45, 7) is 0.586. The lowest BCUT2D eigenvalue weighted by Crippen LogP contribution is -2.15. The van der Waals surface area contributed by atoms with E-state index in [4.69, 9.17) is 16.3 Å². The monoisotopic (exact) mass is 321 g/mol.